The van der Waals surface area contributed by atoms with Crippen LogP contribution in [0.5, 0.6) is 11.5 Å². The van der Waals surface area contributed by atoms with Crippen LogP contribution in [0.3, 0.4) is 0 Å². The van der Waals surface area contributed by atoms with Crippen LogP contribution in [0, 0.1) is 0 Å². The van der Waals surface area contributed by atoms with Crippen molar-refractivity contribution in [1.29, 1.82) is 0 Å². The minimum atomic E-state index is 0.812. The van der Waals surface area contributed by atoms with Gasteiger partial charge >= 0.3 is 0 Å². The van der Waals surface area contributed by atoms with E-state index in [-0.39, 0.29) is 0 Å². The number of nitrogens with one attached hydrogen (secondary N) is 2. The summed E-state index contributed by atoms with van der Waals surface area (Å²) in [5, 5.41) is 6.88. The van der Waals surface area contributed by atoms with Gasteiger partial charge in [0.2, 0.25) is 0 Å². The molecule has 2 N–H and O–H groups in total. The molecule has 1 aromatic carbocycles. The van der Waals surface area contributed by atoms with Crippen molar-refractivity contribution < 1.29 is 9.47 Å². The van der Waals surface area contributed by atoms with E-state index in [9.17, 15) is 0 Å². The average molecular weight is 418 g/mol. The highest BCUT2D eigenvalue weighted by atomic mass is 16.5. The van der Waals surface area contributed by atoms with E-state index in [2.05, 4.69) is 39.5 Å². The number of benzene rings is 1. The topological polar surface area (TPSA) is 61.4 Å². The van der Waals surface area contributed by atoms with Crippen LogP contribution in [0.2, 0.25) is 0 Å². The van der Waals surface area contributed by atoms with Crippen molar-refractivity contribution in [2.24, 2.45) is 4.99 Å². The van der Waals surface area contributed by atoms with Crippen molar-refractivity contribution >= 4 is 5.96 Å². The number of aliphatic imine (C=N–C) groups is 1. The Labute approximate surface area is 181 Å². The lowest BCUT2D eigenvalue weighted by Crippen LogP contribution is -2.43. The van der Waals surface area contributed by atoms with Crippen LogP contribution in [0.25, 0.3) is 0 Å². The molecule has 0 saturated carbocycles. The van der Waals surface area contributed by atoms with E-state index >= 15 is 0 Å². The van der Waals surface area contributed by atoms with E-state index in [0.717, 1.165) is 69.7 Å². The Balaban J connectivity index is 1.45. The summed E-state index contributed by atoms with van der Waals surface area (Å²) in [6, 6.07) is 4.25. The van der Waals surface area contributed by atoms with Gasteiger partial charge in [-0.3, -0.25) is 9.89 Å². The standard InChI is InChI=1S/C23H39N5O2/c1-4-24-23(25-9-14-27-11-6-5-7-12-27)26-10-15-28-13-8-19-16-21(29-2)22(30-3)17-20(19)18-28/h16-17H,4-15,18H2,1-3H3,(H2,24,25,26). The van der Waals surface area contributed by atoms with Gasteiger partial charge in [-0.15, -0.1) is 0 Å². The predicted molar refractivity (Wildman–Crippen MR) is 123 cm³/mol. The van der Waals surface area contributed by atoms with Gasteiger partial charge in [-0.1, -0.05) is 6.42 Å². The Kier molecular flexibility index (Phi) is 9.08. The lowest BCUT2D eigenvalue weighted by atomic mass is 9.99. The molecule has 0 amide bonds. The maximum atomic E-state index is 5.48. The van der Waals surface area contributed by atoms with Gasteiger partial charge in [0.1, 0.15) is 0 Å². The third-order valence-electron chi connectivity index (χ3n) is 6.00. The molecule has 7 heteroatoms. The molecule has 30 heavy (non-hydrogen) atoms. The van der Waals surface area contributed by atoms with E-state index in [1.165, 1.54) is 43.5 Å². The first-order valence-corrected chi connectivity index (χ1v) is 11.4. The van der Waals surface area contributed by atoms with E-state index < -0.39 is 0 Å². The van der Waals surface area contributed by atoms with Crippen molar-refractivity contribution in [1.82, 2.24) is 20.4 Å². The molecule has 0 unspecified atom stereocenters. The zero-order valence-corrected chi connectivity index (χ0v) is 19.0. The van der Waals surface area contributed by atoms with Crippen LogP contribution in [-0.4, -0.2) is 82.3 Å². The monoisotopic (exact) mass is 417 g/mol. The number of guanidine groups is 1. The molecule has 0 bridgehead atoms. The van der Waals surface area contributed by atoms with Crippen LogP contribution >= 0.6 is 0 Å². The minimum absolute atomic E-state index is 0.812. The van der Waals surface area contributed by atoms with Gasteiger partial charge in [-0.25, -0.2) is 0 Å². The summed E-state index contributed by atoms with van der Waals surface area (Å²) in [5.41, 5.74) is 2.70. The fraction of sp³-hybridized carbons (Fsp3) is 0.696. The van der Waals surface area contributed by atoms with E-state index in [0.29, 0.717) is 0 Å². The Morgan fingerprint density at radius 2 is 1.67 bits per heavy atom. The number of hydrogen-bond acceptors (Lipinski definition) is 5. The fourth-order valence-electron chi connectivity index (χ4n) is 4.29. The molecule has 0 aliphatic carbocycles. The minimum Gasteiger partial charge on any atom is -0.493 e. The third kappa shape index (κ3) is 6.51. The summed E-state index contributed by atoms with van der Waals surface area (Å²) in [6.45, 7) is 11.3. The number of nitrogens with zero attached hydrogens (tertiary/aromatic N) is 3. The molecule has 0 aromatic heterocycles. The number of likely N-dealkylation sites (tertiary alicyclic amines) is 1. The van der Waals surface area contributed by atoms with E-state index in [1.54, 1.807) is 14.2 Å². The molecule has 168 valence electrons. The lowest BCUT2D eigenvalue weighted by molar-refractivity contribution is 0.235. The van der Waals surface area contributed by atoms with E-state index in [1.807, 2.05) is 0 Å². The van der Waals surface area contributed by atoms with Gasteiger partial charge in [-0.2, -0.15) is 0 Å². The number of rotatable bonds is 9. The van der Waals surface area contributed by atoms with Gasteiger partial charge in [0, 0.05) is 39.3 Å². The van der Waals surface area contributed by atoms with Gasteiger partial charge in [0.15, 0.2) is 17.5 Å². The first kappa shape index (κ1) is 22.7. The fourth-order valence-corrected chi connectivity index (χ4v) is 4.29. The maximum Gasteiger partial charge on any atom is 0.191 e. The first-order chi connectivity index (χ1) is 14.7. The zero-order valence-electron chi connectivity index (χ0n) is 19.0. The number of piperidine rings is 1. The van der Waals surface area contributed by atoms with Crippen LogP contribution in [0.1, 0.15) is 37.3 Å². The van der Waals surface area contributed by atoms with Gasteiger partial charge in [0.05, 0.1) is 20.8 Å². The quantitative estimate of drug-likeness (QED) is 0.474. The highest BCUT2D eigenvalue weighted by Gasteiger charge is 2.19. The molecule has 0 atom stereocenters. The normalized spacial score (nSPS) is 18.0. The molecule has 2 aliphatic rings. The number of hydrogen-bond donors (Lipinski definition) is 2. The Morgan fingerprint density at radius 3 is 2.37 bits per heavy atom. The SMILES string of the molecule is CCNC(=NCCN1CCCCC1)NCCN1CCc2cc(OC)c(OC)cc2C1. The van der Waals surface area contributed by atoms with Crippen molar-refractivity contribution in [3.8, 4) is 11.5 Å². The van der Waals surface area contributed by atoms with Crippen molar-refractivity contribution in [2.45, 2.75) is 39.2 Å². The highest BCUT2D eigenvalue weighted by Crippen LogP contribution is 2.33. The molecule has 0 radical (unpaired) electrons. The summed E-state index contributed by atoms with van der Waals surface area (Å²) >= 11 is 0. The molecule has 1 fully saturated rings. The second-order valence-electron chi connectivity index (χ2n) is 8.09. The first-order valence-electron chi connectivity index (χ1n) is 11.4. The van der Waals surface area contributed by atoms with E-state index in [4.69, 9.17) is 14.5 Å². The smallest absolute Gasteiger partial charge is 0.191 e. The second-order valence-corrected chi connectivity index (χ2v) is 8.09. The van der Waals surface area contributed by atoms with Gasteiger partial charge in [-0.05, 0) is 62.5 Å². The summed E-state index contributed by atoms with van der Waals surface area (Å²) in [6.07, 6.45) is 5.09. The number of methoxy groups -OCH3 is 2. The van der Waals surface area contributed by atoms with Crippen molar-refractivity contribution in [3.63, 3.8) is 0 Å². The molecule has 2 heterocycles. The molecule has 3 rings (SSSR count). The molecular weight excluding hydrogens is 378 g/mol. The third-order valence-corrected chi connectivity index (χ3v) is 6.00. The van der Waals surface area contributed by atoms with Gasteiger partial charge in [0.25, 0.3) is 0 Å². The molecule has 1 aromatic rings. The lowest BCUT2D eigenvalue weighted by Gasteiger charge is -2.29. The number of ether oxygens (including phenoxy) is 2. The summed E-state index contributed by atoms with van der Waals surface area (Å²) in [7, 11) is 3.39. The largest absolute Gasteiger partial charge is 0.493 e. The average Bonchev–Trinajstić information content (AvgIpc) is 2.78. The summed E-state index contributed by atoms with van der Waals surface area (Å²) < 4.78 is 10.9. The summed E-state index contributed by atoms with van der Waals surface area (Å²) in [4.78, 5) is 9.79. The van der Waals surface area contributed by atoms with Crippen molar-refractivity contribution in [2.75, 3.05) is 66.6 Å². The number of fused-ring (bicyclic) bond motifs is 1. The molecular formula is C23H39N5O2. The van der Waals surface area contributed by atoms with Crippen molar-refractivity contribution in [3.05, 3.63) is 23.3 Å². The second kappa shape index (κ2) is 12.0. The predicted octanol–water partition coefficient (Wildman–Crippen LogP) is 2.10. The van der Waals surface area contributed by atoms with Crippen LogP contribution in [0.15, 0.2) is 17.1 Å². The molecule has 1 saturated heterocycles. The molecule has 7 nitrogen and oxygen atoms in total. The summed E-state index contributed by atoms with van der Waals surface area (Å²) in [5.74, 6) is 2.56. The Bertz CT molecular complexity index is 688. The van der Waals surface area contributed by atoms with Gasteiger partial charge < -0.3 is 25.0 Å². The zero-order chi connectivity index (χ0) is 21.2. The van der Waals surface area contributed by atoms with Crippen LogP contribution in [-0.2, 0) is 13.0 Å². The molecule has 2 aliphatic heterocycles. The van der Waals surface area contributed by atoms with Crippen LogP contribution in [0.4, 0.5) is 0 Å². The highest BCUT2D eigenvalue weighted by molar-refractivity contribution is 5.79. The maximum absolute atomic E-state index is 5.48. The molecule has 0 spiro atoms. The van der Waals surface area contributed by atoms with Crippen LogP contribution < -0.4 is 20.1 Å². The Morgan fingerprint density at radius 1 is 0.933 bits per heavy atom. The Hall–Kier alpha value is -1.99.